The topological polar surface area (TPSA) is 113 Å². The van der Waals surface area contributed by atoms with Crippen LogP contribution in [0.25, 0.3) is 11.3 Å². The summed E-state index contributed by atoms with van der Waals surface area (Å²) in [6, 6.07) is 9.85. The lowest BCUT2D eigenvalue weighted by atomic mass is 10.2. The van der Waals surface area contributed by atoms with E-state index in [1.54, 1.807) is 31.2 Å². The number of nitrogens with one attached hydrogen (secondary N) is 2. The molecule has 0 bridgehead atoms. The van der Waals surface area contributed by atoms with Crippen molar-refractivity contribution >= 4 is 43.8 Å². The first-order valence-corrected chi connectivity index (χ1v) is 13.0. The number of sulfonamides is 1. The van der Waals surface area contributed by atoms with E-state index in [2.05, 4.69) is 20.0 Å². The summed E-state index contributed by atoms with van der Waals surface area (Å²) in [4.78, 5) is 8.20. The van der Waals surface area contributed by atoms with Gasteiger partial charge < -0.3 is 15.2 Å². The molecular formula is C23H19ClF2N4O4S2. The third-order valence-electron chi connectivity index (χ3n) is 5.07. The lowest BCUT2D eigenvalue weighted by Gasteiger charge is -2.12. The van der Waals surface area contributed by atoms with Gasteiger partial charge in [-0.2, -0.15) is 8.42 Å². The zero-order chi connectivity index (χ0) is 26.0. The van der Waals surface area contributed by atoms with Crippen LogP contribution in [-0.4, -0.2) is 30.6 Å². The number of ether oxygens (including phenoxy) is 1. The van der Waals surface area contributed by atoms with Gasteiger partial charge in [-0.1, -0.05) is 35.1 Å². The highest BCUT2D eigenvalue weighted by molar-refractivity contribution is 7.92. The van der Waals surface area contributed by atoms with Gasteiger partial charge in [0, 0.05) is 17.7 Å². The Morgan fingerprint density at radius 2 is 1.94 bits per heavy atom. The number of aryl methyl sites for hydroxylation is 1. The number of thiazole rings is 1. The van der Waals surface area contributed by atoms with Crippen molar-refractivity contribution in [3.8, 4) is 22.8 Å². The summed E-state index contributed by atoms with van der Waals surface area (Å²) in [6.45, 7) is 1.83. The fourth-order valence-corrected chi connectivity index (χ4v) is 5.82. The number of methoxy groups -OCH3 is 1. The van der Waals surface area contributed by atoms with Gasteiger partial charge in [0.1, 0.15) is 10.0 Å². The fraction of sp³-hybridized carbons (Fsp3) is 0.130. The van der Waals surface area contributed by atoms with E-state index >= 15 is 0 Å². The first-order valence-electron chi connectivity index (χ1n) is 10.3. The zero-order valence-corrected chi connectivity index (χ0v) is 21.2. The zero-order valence-electron chi connectivity index (χ0n) is 18.8. The van der Waals surface area contributed by atoms with Gasteiger partial charge in [-0.15, -0.1) is 0 Å². The molecule has 0 saturated heterocycles. The highest BCUT2D eigenvalue weighted by Gasteiger charge is 2.23. The predicted octanol–water partition coefficient (Wildman–Crippen LogP) is 5.57. The highest BCUT2D eigenvalue weighted by Crippen LogP contribution is 2.36. The summed E-state index contributed by atoms with van der Waals surface area (Å²) in [5.74, 6) is -1.75. The van der Waals surface area contributed by atoms with Crippen LogP contribution in [0.1, 0.15) is 11.1 Å². The first-order chi connectivity index (χ1) is 17.1. The van der Waals surface area contributed by atoms with Gasteiger partial charge in [-0.05, 0) is 42.8 Å². The van der Waals surface area contributed by atoms with Gasteiger partial charge in [0.05, 0.1) is 19.0 Å². The van der Waals surface area contributed by atoms with Crippen molar-refractivity contribution in [3.63, 3.8) is 0 Å². The summed E-state index contributed by atoms with van der Waals surface area (Å²) in [7, 11) is -2.68. The van der Waals surface area contributed by atoms with Crippen LogP contribution < -0.4 is 14.8 Å². The highest BCUT2D eigenvalue weighted by atomic mass is 35.5. The van der Waals surface area contributed by atoms with Gasteiger partial charge in [0.15, 0.2) is 33.3 Å². The Balaban J connectivity index is 1.51. The van der Waals surface area contributed by atoms with Gasteiger partial charge >= 0.3 is 0 Å². The molecule has 0 radical (unpaired) electrons. The van der Waals surface area contributed by atoms with E-state index in [1.807, 2.05) is 0 Å². The molecule has 0 aliphatic rings. The molecule has 36 heavy (non-hydrogen) atoms. The molecule has 4 aromatic rings. The molecule has 0 fully saturated rings. The van der Waals surface area contributed by atoms with Crippen molar-refractivity contribution in [2.24, 2.45) is 0 Å². The molecule has 2 aromatic heterocycles. The third-order valence-corrected chi connectivity index (χ3v) is 7.77. The Hall–Kier alpha value is -3.48. The largest absolute Gasteiger partial charge is 0.504 e. The molecule has 2 heterocycles. The fourth-order valence-electron chi connectivity index (χ4n) is 3.34. The van der Waals surface area contributed by atoms with Crippen LogP contribution in [0.4, 0.5) is 19.6 Å². The number of para-hydroxylation sites is 1. The Morgan fingerprint density at radius 1 is 1.17 bits per heavy atom. The number of aromatic nitrogens is 2. The summed E-state index contributed by atoms with van der Waals surface area (Å²) in [5.41, 5.74) is 1.79. The number of hydrogen-bond acceptors (Lipinski definition) is 8. The Kier molecular flexibility index (Phi) is 7.29. The maximum Gasteiger partial charge on any atom is 0.281 e. The average molecular weight is 553 g/mol. The maximum absolute atomic E-state index is 13.6. The minimum Gasteiger partial charge on any atom is -0.504 e. The van der Waals surface area contributed by atoms with Crippen molar-refractivity contribution in [2.45, 2.75) is 18.5 Å². The molecule has 0 amide bonds. The lowest BCUT2D eigenvalue weighted by Crippen LogP contribution is -2.16. The van der Waals surface area contributed by atoms with E-state index in [0.717, 1.165) is 23.5 Å². The number of phenols is 1. The molecule has 2 aromatic carbocycles. The molecule has 0 atom stereocenters. The van der Waals surface area contributed by atoms with Gasteiger partial charge in [0.25, 0.3) is 10.0 Å². The quantitative estimate of drug-likeness (QED) is 0.262. The molecule has 0 saturated carbocycles. The molecule has 0 aliphatic heterocycles. The maximum atomic E-state index is 13.6. The lowest BCUT2D eigenvalue weighted by molar-refractivity contribution is 0.371. The van der Waals surface area contributed by atoms with Gasteiger partial charge in [0.2, 0.25) is 0 Å². The van der Waals surface area contributed by atoms with Crippen LogP contribution in [-0.2, 0) is 16.6 Å². The van der Waals surface area contributed by atoms with Crippen LogP contribution >= 0.6 is 22.9 Å². The number of anilines is 2. The molecule has 3 N–H and O–H groups in total. The second-order valence-electron chi connectivity index (χ2n) is 7.54. The van der Waals surface area contributed by atoms with Crippen molar-refractivity contribution in [2.75, 3.05) is 17.1 Å². The first kappa shape index (κ1) is 25.6. The second-order valence-corrected chi connectivity index (χ2v) is 10.7. The Labute approximate surface area is 214 Å². The standard InChI is InChI=1S/C23H19ClF2N4O4S2/c1-12-8-15(27-10-14-4-3-5-18(34-2)20(14)31)11-28-22(12)36(32,33)30-23-29-19(21(24)35-23)13-6-7-16(25)17(26)9-13/h3-9,11,27,31H,10H2,1-2H3,(H,29,30). The number of halogens is 3. The summed E-state index contributed by atoms with van der Waals surface area (Å²) in [6.07, 6.45) is 1.35. The second kappa shape index (κ2) is 10.2. The molecule has 0 spiro atoms. The Morgan fingerprint density at radius 3 is 2.64 bits per heavy atom. The van der Waals surface area contributed by atoms with Crippen LogP contribution in [0, 0.1) is 18.6 Å². The number of phenolic OH excluding ortho intramolecular Hbond substituents is 1. The van der Waals surface area contributed by atoms with Gasteiger partial charge in [-0.25, -0.2) is 18.7 Å². The molecule has 4 rings (SSSR count). The van der Waals surface area contributed by atoms with Crippen LogP contribution in [0.5, 0.6) is 11.5 Å². The van der Waals surface area contributed by atoms with E-state index < -0.39 is 21.7 Å². The normalized spacial score (nSPS) is 11.4. The molecule has 13 heteroatoms. The SMILES string of the molecule is COc1cccc(CNc2cnc(S(=O)(=O)Nc3nc(-c4ccc(F)c(F)c4)c(Cl)s3)c(C)c2)c1O. The van der Waals surface area contributed by atoms with Crippen molar-refractivity contribution in [1.29, 1.82) is 0 Å². The van der Waals surface area contributed by atoms with Crippen molar-refractivity contribution in [1.82, 2.24) is 9.97 Å². The smallest absolute Gasteiger partial charge is 0.281 e. The Bertz CT molecular complexity index is 1550. The van der Waals surface area contributed by atoms with Crippen molar-refractivity contribution in [3.05, 3.63) is 75.8 Å². The van der Waals surface area contributed by atoms with Crippen LogP contribution in [0.15, 0.2) is 53.7 Å². The molecule has 0 unspecified atom stereocenters. The van der Waals surface area contributed by atoms with E-state index in [4.69, 9.17) is 16.3 Å². The van der Waals surface area contributed by atoms with E-state index in [9.17, 15) is 22.3 Å². The van der Waals surface area contributed by atoms with Crippen molar-refractivity contribution < 1.29 is 27.0 Å². The predicted molar refractivity (Wildman–Crippen MR) is 134 cm³/mol. The number of rotatable bonds is 8. The molecular weight excluding hydrogens is 534 g/mol. The summed E-state index contributed by atoms with van der Waals surface area (Å²) >= 11 is 7.00. The number of hydrogen-bond donors (Lipinski definition) is 3. The van der Waals surface area contributed by atoms with Crippen LogP contribution in [0.3, 0.4) is 0 Å². The third kappa shape index (κ3) is 5.35. The van der Waals surface area contributed by atoms with Crippen LogP contribution in [0.2, 0.25) is 4.34 Å². The number of benzene rings is 2. The molecule has 188 valence electrons. The number of aromatic hydroxyl groups is 1. The van der Waals surface area contributed by atoms with E-state index in [-0.39, 0.29) is 38.0 Å². The molecule has 8 nitrogen and oxygen atoms in total. The van der Waals surface area contributed by atoms with E-state index in [1.165, 1.54) is 19.4 Å². The van der Waals surface area contributed by atoms with Gasteiger partial charge in [-0.3, -0.25) is 4.72 Å². The number of nitrogens with zero attached hydrogens (tertiary/aromatic N) is 2. The minimum absolute atomic E-state index is 0.00503. The summed E-state index contributed by atoms with van der Waals surface area (Å²) < 4.78 is 60.3. The minimum atomic E-state index is -4.13. The number of pyridine rings is 1. The average Bonchev–Trinajstić information content (AvgIpc) is 3.19. The monoisotopic (exact) mass is 552 g/mol. The summed E-state index contributed by atoms with van der Waals surface area (Å²) in [5, 5.41) is 13.0. The molecule has 0 aliphatic carbocycles. The van der Waals surface area contributed by atoms with E-state index in [0.29, 0.717) is 22.6 Å².